The zero-order valence-electron chi connectivity index (χ0n) is 14.2. The molecule has 0 amide bonds. The third-order valence-corrected chi connectivity index (χ3v) is 6.80. The van der Waals surface area contributed by atoms with Crippen molar-refractivity contribution in [2.75, 3.05) is 19.6 Å². The van der Waals surface area contributed by atoms with Crippen LogP contribution < -0.4 is 10.0 Å². The SMILES string of the molecule is CC(C)(C)c1nc2ccc(S(=O)(=O)NCC3=CCNCC3)cc2s1. The van der Waals surface area contributed by atoms with Gasteiger partial charge in [0.15, 0.2) is 0 Å². The molecule has 0 radical (unpaired) electrons. The number of rotatable bonds is 4. The molecular formula is C17H23N3O2S2. The van der Waals surface area contributed by atoms with Crippen LogP contribution in [0.4, 0.5) is 0 Å². The normalized spacial score (nSPS) is 16.4. The number of hydrogen-bond donors (Lipinski definition) is 2. The van der Waals surface area contributed by atoms with Gasteiger partial charge in [0.2, 0.25) is 10.0 Å². The Labute approximate surface area is 147 Å². The Hall–Kier alpha value is -1.28. The van der Waals surface area contributed by atoms with Gasteiger partial charge in [-0.05, 0) is 31.2 Å². The third kappa shape index (κ3) is 3.85. The van der Waals surface area contributed by atoms with Gasteiger partial charge in [-0.2, -0.15) is 0 Å². The summed E-state index contributed by atoms with van der Waals surface area (Å²) in [6, 6.07) is 5.15. The van der Waals surface area contributed by atoms with Crippen molar-refractivity contribution >= 4 is 31.6 Å². The van der Waals surface area contributed by atoms with Crippen LogP contribution in [0.1, 0.15) is 32.2 Å². The van der Waals surface area contributed by atoms with Crippen LogP contribution in [0.2, 0.25) is 0 Å². The van der Waals surface area contributed by atoms with Crippen molar-refractivity contribution in [3.05, 3.63) is 34.9 Å². The Morgan fingerprint density at radius 1 is 1.33 bits per heavy atom. The first-order valence-corrected chi connectivity index (χ1v) is 10.3. The summed E-state index contributed by atoms with van der Waals surface area (Å²) in [5.41, 5.74) is 1.94. The number of sulfonamides is 1. The van der Waals surface area contributed by atoms with E-state index in [9.17, 15) is 8.42 Å². The summed E-state index contributed by atoms with van der Waals surface area (Å²) in [6.45, 7) is 8.40. The molecule has 0 fully saturated rings. The lowest BCUT2D eigenvalue weighted by molar-refractivity contribution is 0.582. The summed E-state index contributed by atoms with van der Waals surface area (Å²) in [5, 5.41) is 4.23. The minimum atomic E-state index is -3.51. The molecule has 0 unspecified atom stereocenters. The summed E-state index contributed by atoms with van der Waals surface area (Å²) in [6.07, 6.45) is 2.93. The van der Waals surface area contributed by atoms with E-state index >= 15 is 0 Å². The van der Waals surface area contributed by atoms with Crippen LogP contribution in [0, 0.1) is 0 Å². The Balaban J connectivity index is 1.83. The van der Waals surface area contributed by atoms with Crippen molar-refractivity contribution in [3.63, 3.8) is 0 Å². The van der Waals surface area contributed by atoms with E-state index < -0.39 is 10.0 Å². The van der Waals surface area contributed by atoms with Gasteiger partial charge < -0.3 is 5.32 Å². The first kappa shape index (κ1) is 17.5. The van der Waals surface area contributed by atoms with E-state index in [2.05, 4.69) is 35.8 Å². The van der Waals surface area contributed by atoms with Crippen LogP contribution in [0.15, 0.2) is 34.7 Å². The molecule has 7 heteroatoms. The zero-order chi connectivity index (χ0) is 17.4. The molecule has 2 aromatic rings. The zero-order valence-corrected chi connectivity index (χ0v) is 15.9. The summed E-state index contributed by atoms with van der Waals surface area (Å²) in [5.74, 6) is 0. The first-order chi connectivity index (χ1) is 11.3. The van der Waals surface area contributed by atoms with Crippen molar-refractivity contribution in [2.24, 2.45) is 0 Å². The van der Waals surface area contributed by atoms with Gasteiger partial charge in [-0.3, -0.25) is 0 Å². The molecule has 1 aliphatic heterocycles. The predicted octanol–water partition coefficient (Wildman–Crippen LogP) is 2.79. The predicted molar refractivity (Wildman–Crippen MR) is 99.1 cm³/mol. The molecule has 0 bridgehead atoms. The number of aromatic nitrogens is 1. The van der Waals surface area contributed by atoms with Crippen molar-refractivity contribution in [1.29, 1.82) is 0 Å². The Kier molecular flexibility index (Phi) is 4.79. The maximum absolute atomic E-state index is 12.6. The average Bonchev–Trinajstić information content (AvgIpc) is 2.97. The Bertz CT molecular complexity index is 877. The van der Waals surface area contributed by atoms with E-state index in [-0.39, 0.29) is 5.41 Å². The number of nitrogens with one attached hydrogen (secondary N) is 2. The fraction of sp³-hybridized carbons (Fsp3) is 0.471. The van der Waals surface area contributed by atoms with Gasteiger partial charge in [-0.15, -0.1) is 11.3 Å². The van der Waals surface area contributed by atoms with E-state index in [4.69, 9.17) is 0 Å². The van der Waals surface area contributed by atoms with E-state index in [1.54, 1.807) is 29.5 Å². The minimum Gasteiger partial charge on any atom is -0.313 e. The second kappa shape index (κ2) is 6.55. The third-order valence-electron chi connectivity index (χ3n) is 3.96. The lowest BCUT2D eigenvalue weighted by Crippen LogP contribution is -2.29. The van der Waals surface area contributed by atoms with Gasteiger partial charge in [-0.25, -0.2) is 18.1 Å². The van der Waals surface area contributed by atoms with Gasteiger partial charge in [-0.1, -0.05) is 32.4 Å². The standard InChI is InChI=1S/C17H23N3O2S2/c1-17(2,3)16-20-14-5-4-13(10-15(14)23-16)24(21,22)19-11-12-6-8-18-9-7-12/h4-6,10,18-19H,7-9,11H2,1-3H3. The van der Waals surface area contributed by atoms with E-state index in [0.717, 1.165) is 40.3 Å². The molecule has 0 atom stereocenters. The van der Waals surface area contributed by atoms with Gasteiger partial charge >= 0.3 is 0 Å². The van der Waals surface area contributed by atoms with Crippen molar-refractivity contribution < 1.29 is 8.42 Å². The Morgan fingerprint density at radius 3 is 2.79 bits per heavy atom. The van der Waals surface area contributed by atoms with Crippen molar-refractivity contribution in [2.45, 2.75) is 37.5 Å². The number of hydrogen-bond acceptors (Lipinski definition) is 5. The fourth-order valence-corrected chi connectivity index (χ4v) is 4.69. The van der Waals surface area contributed by atoms with Gasteiger partial charge in [0.25, 0.3) is 0 Å². The minimum absolute atomic E-state index is 0.0392. The summed E-state index contributed by atoms with van der Waals surface area (Å²) >= 11 is 1.56. The Morgan fingerprint density at radius 2 is 2.12 bits per heavy atom. The highest BCUT2D eigenvalue weighted by Crippen LogP contribution is 2.32. The highest BCUT2D eigenvalue weighted by molar-refractivity contribution is 7.89. The van der Waals surface area contributed by atoms with E-state index in [0.29, 0.717) is 11.4 Å². The van der Waals surface area contributed by atoms with Crippen LogP contribution in [0.25, 0.3) is 10.2 Å². The monoisotopic (exact) mass is 365 g/mol. The lowest BCUT2D eigenvalue weighted by atomic mass is 9.98. The van der Waals surface area contributed by atoms with E-state index in [1.807, 2.05) is 6.08 Å². The molecule has 0 saturated carbocycles. The molecule has 0 aliphatic carbocycles. The van der Waals surface area contributed by atoms with Crippen LogP contribution in [0.3, 0.4) is 0 Å². The summed E-state index contributed by atoms with van der Waals surface area (Å²) < 4.78 is 28.7. The number of thiazole rings is 1. The largest absolute Gasteiger partial charge is 0.313 e. The molecule has 1 aliphatic rings. The van der Waals surface area contributed by atoms with Crippen LogP contribution in [-0.4, -0.2) is 33.0 Å². The molecule has 0 spiro atoms. The maximum atomic E-state index is 12.6. The average molecular weight is 366 g/mol. The first-order valence-electron chi connectivity index (χ1n) is 8.05. The highest BCUT2D eigenvalue weighted by atomic mass is 32.2. The molecule has 24 heavy (non-hydrogen) atoms. The molecule has 0 saturated heterocycles. The topological polar surface area (TPSA) is 71.1 Å². The molecule has 130 valence electrons. The molecule has 3 rings (SSSR count). The molecule has 2 heterocycles. The second-order valence-corrected chi connectivity index (χ2v) is 9.84. The number of benzene rings is 1. The molecular weight excluding hydrogens is 342 g/mol. The number of nitrogens with zero attached hydrogens (tertiary/aromatic N) is 1. The van der Waals surface area contributed by atoms with Crippen LogP contribution in [0.5, 0.6) is 0 Å². The van der Waals surface area contributed by atoms with Crippen molar-refractivity contribution in [1.82, 2.24) is 15.0 Å². The molecule has 1 aromatic carbocycles. The van der Waals surface area contributed by atoms with Crippen molar-refractivity contribution in [3.8, 4) is 0 Å². The summed E-state index contributed by atoms with van der Waals surface area (Å²) in [7, 11) is -3.51. The van der Waals surface area contributed by atoms with Gasteiger partial charge in [0.05, 0.1) is 20.1 Å². The molecule has 5 nitrogen and oxygen atoms in total. The lowest BCUT2D eigenvalue weighted by Gasteiger charge is -2.14. The van der Waals surface area contributed by atoms with Crippen LogP contribution in [-0.2, 0) is 15.4 Å². The molecule has 2 N–H and O–H groups in total. The second-order valence-electron chi connectivity index (χ2n) is 7.04. The molecule has 1 aromatic heterocycles. The smallest absolute Gasteiger partial charge is 0.240 e. The highest BCUT2D eigenvalue weighted by Gasteiger charge is 2.21. The summed E-state index contributed by atoms with van der Waals surface area (Å²) in [4.78, 5) is 4.91. The quantitative estimate of drug-likeness (QED) is 0.818. The number of fused-ring (bicyclic) bond motifs is 1. The van der Waals surface area contributed by atoms with E-state index in [1.165, 1.54) is 0 Å². The maximum Gasteiger partial charge on any atom is 0.240 e. The van der Waals surface area contributed by atoms with Crippen LogP contribution >= 0.6 is 11.3 Å². The van der Waals surface area contributed by atoms with Gasteiger partial charge in [0, 0.05) is 18.5 Å². The van der Waals surface area contributed by atoms with Gasteiger partial charge in [0.1, 0.15) is 0 Å². The fourth-order valence-electron chi connectivity index (χ4n) is 2.49.